The summed E-state index contributed by atoms with van der Waals surface area (Å²) in [4.78, 5) is 0. The molecule has 0 spiro atoms. The third-order valence-electron chi connectivity index (χ3n) is 2.62. The van der Waals surface area contributed by atoms with Crippen molar-refractivity contribution >= 4 is 0 Å². The molecule has 90 valence electrons. The van der Waals surface area contributed by atoms with Gasteiger partial charge in [0.2, 0.25) is 0 Å². The first-order chi connectivity index (χ1) is 8.15. The maximum Gasteiger partial charge on any atom is 0.131 e. The van der Waals surface area contributed by atoms with Gasteiger partial charge in [-0.1, -0.05) is 11.3 Å². The Bertz CT molecular complexity index is 504. The second-order valence-electron chi connectivity index (χ2n) is 3.64. The zero-order chi connectivity index (χ0) is 12.4. The summed E-state index contributed by atoms with van der Waals surface area (Å²) in [5, 5.41) is 10.3. The molecule has 1 atom stereocenters. The number of benzene rings is 1. The number of nitrogens with one attached hydrogen (secondary N) is 1. The third-order valence-corrected chi connectivity index (χ3v) is 2.62. The van der Waals surface area contributed by atoms with E-state index in [4.69, 9.17) is 0 Å². The van der Waals surface area contributed by atoms with Crippen molar-refractivity contribution in [2.24, 2.45) is 7.05 Å². The monoisotopic (exact) mass is 238 g/mol. The predicted octanol–water partition coefficient (Wildman–Crippen LogP) is 1.40. The zero-order valence-corrected chi connectivity index (χ0v) is 9.48. The lowest BCUT2D eigenvalue weighted by Gasteiger charge is -2.17. The van der Waals surface area contributed by atoms with Gasteiger partial charge in [-0.3, -0.25) is 4.68 Å². The van der Waals surface area contributed by atoms with Crippen LogP contribution in [0.4, 0.5) is 8.78 Å². The Kier molecular flexibility index (Phi) is 3.14. The molecule has 1 unspecified atom stereocenters. The molecule has 1 N–H and O–H groups in total. The summed E-state index contributed by atoms with van der Waals surface area (Å²) in [6.07, 6.45) is 1.48. The van der Waals surface area contributed by atoms with Crippen molar-refractivity contribution < 1.29 is 8.78 Å². The first kappa shape index (κ1) is 11.7. The summed E-state index contributed by atoms with van der Waals surface area (Å²) < 4.78 is 28.8. The summed E-state index contributed by atoms with van der Waals surface area (Å²) in [5.74, 6) is -1.18. The summed E-state index contributed by atoms with van der Waals surface area (Å²) in [5.41, 5.74) is 0.567. The van der Waals surface area contributed by atoms with Crippen LogP contribution in [-0.4, -0.2) is 22.0 Å². The van der Waals surface area contributed by atoms with Crippen LogP contribution in [0.2, 0.25) is 0 Å². The van der Waals surface area contributed by atoms with Crippen molar-refractivity contribution in [2.45, 2.75) is 6.04 Å². The van der Waals surface area contributed by atoms with E-state index in [2.05, 4.69) is 15.6 Å². The minimum absolute atomic E-state index is 0.0274. The van der Waals surface area contributed by atoms with E-state index in [1.807, 2.05) is 0 Å². The molecule has 4 nitrogen and oxygen atoms in total. The van der Waals surface area contributed by atoms with Gasteiger partial charge in [0.25, 0.3) is 0 Å². The minimum atomic E-state index is -0.615. The fourth-order valence-corrected chi connectivity index (χ4v) is 1.79. The fourth-order valence-electron chi connectivity index (χ4n) is 1.79. The number of aromatic nitrogens is 3. The van der Waals surface area contributed by atoms with Gasteiger partial charge >= 0.3 is 0 Å². The van der Waals surface area contributed by atoms with Gasteiger partial charge in [0.1, 0.15) is 11.6 Å². The Morgan fingerprint density at radius 3 is 2.41 bits per heavy atom. The molecule has 0 aliphatic carbocycles. The van der Waals surface area contributed by atoms with E-state index < -0.39 is 17.7 Å². The second-order valence-corrected chi connectivity index (χ2v) is 3.64. The van der Waals surface area contributed by atoms with Gasteiger partial charge in [0.15, 0.2) is 0 Å². The highest BCUT2D eigenvalue weighted by atomic mass is 19.1. The van der Waals surface area contributed by atoms with Crippen LogP contribution in [0.5, 0.6) is 0 Å². The molecule has 0 aliphatic heterocycles. The quantitative estimate of drug-likeness (QED) is 0.879. The smallest absolute Gasteiger partial charge is 0.131 e. The van der Waals surface area contributed by atoms with Crippen LogP contribution in [0.15, 0.2) is 24.4 Å². The zero-order valence-electron chi connectivity index (χ0n) is 9.48. The van der Waals surface area contributed by atoms with Crippen LogP contribution < -0.4 is 5.32 Å². The number of rotatable bonds is 3. The Labute approximate surface area is 97.3 Å². The Morgan fingerprint density at radius 1 is 1.29 bits per heavy atom. The predicted molar refractivity (Wildman–Crippen MR) is 58.3 cm³/mol. The molecule has 2 aromatic rings. The van der Waals surface area contributed by atoms with Crippen LogP contribution in [0.3, 0.4) is 0 Å². The van der Waals surface area contributed by atoms with Crippen molar-refractivity contribution in [2.75, 3.05) is 7.05 Å². The van der Waals surface area contributed by atoms with E-state index in [0.717, 1.165) is 0 Å². The summed E-state index contributed by atoms with van der Waals surface area (Å²) >= 11 is 0. The maximum absolute atomic E-state index is 13.7. The molecule has 0 amide bonds. The standard InChI is InChI=1S/C11H12F2N4/c1-14-11(9-6-15-16-17(9)2)10-7(12)4-3-5-8(10)13/h3-6,11,14H,1-2H3. The molecule has 2 rings (SSSR count). The Balaban J connectivity index is 2.53. The SMILES string of the molecule is CNC(c1c(F)cccc1F)c1cnnn1C. The Morgan fingerprint density at radius 2 is 1.94 bits per heavy atom. The molecule has 0 saturated heterocycles. The topological polar surface area (TPSA) is 42.7 Å². The van der Waals surface area contributed by atoms with Gasteiger partial charge in [-0.15, -0.1) is 5.10 Å². The largest absolute Gasteiger partial charge is 0.308 e. The molecule has 0 aliphatic rings. The lowest BCUT2D eigenvalue weighted by atomic mass is 10.0. The lowest BCUT2D eigenvalue weighted by Crippen LogP contribution is -2.23. The molecule has 0 saturated carbocycles. The molecule has 0 bridgehead atoms. The highest BCUT2D eigenvalue weighted by Gasteiger charge is 2.23. The molecule has 0 radical (unpaired) electrons. The van der Waals surface area contributed by atoms with Gasteiger partial charge in [-0.25, -0.2) is 8.78 Å². The number of hydrogen-bond acceptors (Lipinski definition) is 3. The van der Waals surface area contributed by atoms with Gasteiger partial charge in [-0.05, 0) is 19.2 Å². The number of aryl methyl sites for hydroxylation is 1. The number of hydrogen-bond donors (Lipinski definition) is 1. The van der Waals surface area contributed by atoms with E-state index in [1.165, 1.54) is 29.1 Å². The van der Waals surface area contributed by atoms with Gasteiger partial charge in [0.05, 0.1) is 17.9 Å². The van der Waals surface area contributed by atoms with Gasteiger partial charge in [0, 0.05) is 12.6 Å². The molecule has 0 fully saturated rings. The first-order valence-electron chi connectivity index (χ1n) is 5.11. The molecule has 17 heavy (non-hydrogen) atoms. The second kappa shape index (κ2) is 4.58. The molecular formula is C11H12F2N4. The van der Waals surface area contributed by atoms with E-state index >= 15 is 0 Å². The molecule has 6 heteroatoms. The van der Waals surface area contributed by atoms with Crippen LogP contribution in [0.1, 0.15) is 17.3 Å². The highest BCUT2D eigenvalue weighted by molar-refractivity contribution is 5.29. The van der Waals surface area contributed by atoms with Crippen LogP contribution >= 0.6 is 0 Å². The van der Waals surface area contributed by atoms with E-state index in [1.54, 1.807) is 14.1 Å². The fraction of sp³-hybridized carbons (Fsp3) is 0.273. The molecule has 1 heterocycles. The first-order valence-corrected chi connectivity index (χ1v) is 5.11. The van der Waals surface area contributed by atoms with E-state index in [9.17, 15) is 8.78 Å². The third kappa shape index (κ3) is 2.03. The van der Waals surface area contributed by atoms with Gasteiger partial charge in [-0.2, -0.15) is 0 Å². The van der Waals surface area contributed by atoms with Crippen LogP contribution in [0, 0.1) is 11.6 Å². The van der Waals surface area contributed by atoms with Crippen molar-refractivity contribution in [3.63, 3.8) is 0 Å². The maximum atomic E-state index is 13.7. The van der Waals surface area contributed by atoms with Crippen LogP contribution in [-0.2, 0) is 7.05 Å². The average Bonchev–Trinajstić information content (AvgIpc) is 2.70. The molecule has 1 aromatic heterocycles. The highest BCUT2D eigenvalue weighted by Crippen LogP contribution is 2.25. The average molecular weight is 238 g/mol. The van der Waals surface area contributed by atoms with Crippen molar-refractivity contribution in [3.8, 4) is 0 Å². The number of halogens is 2. The van der Waals surface area contributed by atoms with Crippen molar-refractivity contribution in [1.29, 1.82) is 0 Å². The normalized spacial score (nSPS) is 12.7. The summed E-state index contributed by atoms with van der Waals surface area (Å²) in [6.45, 7) is 0. The number of nitrogens with zero attached hydrogens (tertiary/aromatic N) is 3. The van der Waals surface area contributed by atoms with Crippen molar-refractivity contribution in [3.05, 3.63) is 47.3 Å². The lowest BCUT2D eigenvalue weighted by molar-refractivity contribution is 0.505. The molecular weight excluding hydrogens is 226 g/mol. The summed E-state index contributed by atoms with van der Waals surface area (Å²) in [6, 6.07) is 3.18. The minimum Gasteiger partial charge on any atom is -0.308 e. The molecule has 1 aromatic carbocycles. The Hall–Kier alpha value is -1.82. The summed E-state index contributed by atoms with van der Waals surface area (Å²) in [7, 11) is 3.30. The van der Waals surface area contributed by atoms with E-state index in [-0.39, 0.29) is 5.56 Å². The van der Waals surface area contributed by atoms with Crippen LogP contribution in [0.25, 0.3) is 0 Å². The van der Waals surface area contributed by atoms with Crippen molar-refractivity contribution in [1.82, 2.24) is 20.3 Å². The van der Waals surface area contributed by atoms with E-state index in [0.29, 0.717) is 5.69 Å². The van der Waals surface area contributed by atoms with Gasteiger partial charge < -0.3 is 5.32 Å².